The van der Waals surface area contributed by atoms with Crippen molar-refractivity contribution in [3.05, 3.63) is 24.3 Å². The van der Waals surface area contributed by atoms with Gasteiger partial charge >= 0.3 is 6.36 Å². The third-order valence-electron chi connectivity index (χ3n) is 2.34. The van der Waals surface area contributed by atoms with E-state index in [-0.39, 0.29) is 24.5 Å². The highest BCUT2D eigenvalue weighted by Gasteiger charge is 2.30. The van der Waals surface area contributed by atoms with Gasteiger partial charge in [-0.2, -0.15) is 0 Å². The Bertz CT molecular complexity index is 427. The SMILES string of the molecule is CC(C)(C)OCC(O)CNc1ccc(OC(F)(F)F)cc1. The standard InChI is InChI=1S/C14H20F3NO3/c1-13(2,3)20-9-11(19)8-18-10-4-6-12(7-5-10)21-14(15,16)17/h4-7,11,18-19H,8-9H2,1-3H3. The first kappa shape index (κ1) is 17.6. The molecule has 1 aromatic rings. The van der Waals surface area contributed by atoms with E-state index in [0.29, 0.717) is 5.69 Å². The number of rotatable bonds is 6. The first-order valence-corrected chi connectivity index (χ1v) is 6.47. The van der Waals surface area contributed by atoms with E-state index in [9.17, 15) is 18.3 Å². The van der Waals surface area contributed by atoms with Crippen LogP contribution in [0.25, 0.3) is 0 Å². The molecule has 0 fully saturated rings. The molecule has 2 N–H and O–H groups in total. The molecular weight excluding hydrogens is 287 g/mol. The summed E-state index contributed by atoms with van der Waals surface area (Å²) in [5.41, 5.74) is 0.247. The molecule has 7 heteroatoms. The lowest BCUT2D eigenvalue weighted by molar-refractivity contribution is -0.274. The highest BCUT2D eigenvalue weighted by Crippen LogP contribution is 2.23. The molecule has 0 saturated carbocycles. The molecule has 0 amide bonds. The second-order valence-electron chi connectivity index (χ2n) is 5.53. The Labute approximate surface area is 121 Å². The van der Waals surface area contributed by atoms with Crippen LogP contribution in [0, 0.1) is 0 Å². The lowest BCUT2D eigenvalue weighted by atomic mass is 10.2. The molecule has 120 valence electrons. The number of hydrogen-bond donors (Lipinski definition) is 2. The molecule has 21 heavy (non-hydrogen) atoms. The molecule has 0 radical (unpaired) electrons. The van der Waals surface area contributed by atoms with Crippen molar-refractivity contribution in [2.24, 2.45) is 0 Å². The predicted molar refractivity (Wildman–Crippen MR) is 73.3 cm³/mol. The van der Waals surface area contributed by atoms with Crippen LogP contribution < -0.4 is 10.1 Å². The molecule has 1 unspecified atom stereocenters. The predicted octanol–water partition coefficient (Wildman–Crippen LogP) is 3.17. The molecule has 1 aromatic carbocycles. The van der Waals surface area contributed by atoms with Gasteiger partial charge in [0.05, 0.1) is 18.3 Å². The summed E-state index contributed by atoms with van der Waals surface area (Å²) in [5, 5.41) is 12.6. The Hall–Kier alpha value is -1.47. The van der Waals surface area contributed by atoms with Gasteiger partial charge in [0.2, 0.25) is 0 Å². The van der Waals surface area contributed by atoms with E-state index in [0.717, 1.165) is 0 Å². The van der Waals surface area contributed by atoms with Gasteiger partial charge in [-0.3, -0.25) is 0 Å². The van der Waals surface area contributed by atoms with Gasteiger partial charge in [0.1, 0.15) is 5.75 Å². The lowest BCUT2D eigenvalue weighted by Crippen LogP contribution is -2.30. The number of aliphatic hydroxyl groups excluding tert-OH is 1. The molecule has 0 aromatic heterocycles. The van der Waals surface area contributed by atoms with Gasteiger partial charge in [0, 0.05) is 12.2 Å². The van der Waals surface area contributed by atoms with Crippen LogP contribution >= 0.6 is 0 Å². The van der Waals surface area contributed by atoms with Crippen LogP contribution in [0.1, 0.15) is 20.8 Å². The van der Waals surface area contributed by atoms with Crippen molar-refractivity contribution < 1.29 is 27.8 Å². The van der Waals surface area contributed by atoms with Crippen LogP contribution in [-0.2, 0) is 4.74 Å². The summed E-state index contributed by atoms with van der Waals surface area (Å²) < 4.78 is 45.2. The average molecular weight is 307 g/mol. The third kappa shape index (κ3) is 8.41. The van der Waals surface area contributed by atoms with Crippen molar-refractivity contribution in [1.82, 2.24) is 0 Å². The fraction of sp³-hybridized carbons (Fsp3) is 0.571. The fourth-order valence-corrected chi connectivity index (χ4v) is 1.42. The van der Waals surface area contributed by atoms with Gasteiger partial charge in [-0.25, -0.2) is 0 Å². The Balaban J connectivity index is 2.39. The van der Waals surface area contributed by atoms with E-state index in [1.54, 1.807) is 0 Å². The number of hydrogen-bond acceptors (Lipinski definition) is 4. The Morgan fingerprint density at radius 1 is 1.14 bits per heavy atom. The molecule has 0 saturated heterocycles. The van der Waals surface area contributed by atoms with E-state index in [4.69, 9.17) is 4.74 Å². The maximum absolute atomic E-state index is 12.0. The van der Waals surface area contributed by atoms with Crippen molar-refractivity contribution in [1.29, 1.82) is 0 Å². The average Bonchev–Trinajstić information content (AvgIpc) is 2.33. The van der Waals surface area contributed by atoms with E-state index < -0.39 is 12.5 Å². The number of nitrogens with one attached hydrogen (secondary N) is 1. The molecule has 0 aliphatic carbocycles. The minimum atomic E-state index is -4.70. The molecule has 0 spiro atoms. The highest BCUT2D eigenvalue weighted by atomic mass is 19.4. The van der Waals surface area contributed by atoms with E-state index >= 15 is 0 Å². The zero-order chi connectivity index (χ0) is 16.1. The summed E-state index contributed by atoms with van der Waals surface area (Å²) in [7, 11) is 0. The van der Waals surface area contributed by atoms with Gasteiger partial charge in [-0.15, -0.1) is 13.2 Å². The van der Waals surface area contributed by atoms with Crippen LogP contribution in [-0.4, -0.2) is 36.3 Å². The molecule has 0 aliphatic rings. The van der Waals surface area contributed by atoms with Crippen LogP contribution in [0.15, 0.2) is 24.3 Å². The largest absolute Gasteiger partial charge is 0.573 e. The normalized spacial score (nSPS) is 13.9. The number of halogens is 3. The maximum Gasteiger partial charge on any atom is 0.573 e. The molecular formula is C14H20F3NO3. The molecule has 1 rings (SSSR count). The van der Waals surface area contributed by atoms with Crippen LogP contribution in [0.3, 0.4) is 0 Å². The summed E-state index contributed by atoms with van der Waals surface area (Å²) in [4.78, 5) is 0. The lowest BCUT2D eigenvalue weighted by Gasteiger charge is -2.22. The van der Waals surface area contributed by atoms with Crippen molar-refractivity contribution in [3.63, 3.8) is 0 Å². The molecule has 1 atom stereocenters. The topological polar surface area (TPSA) is 50.7 Å². The number of alkyl halides is 3. The number of ether oxygens (including phenoxy) is 2. The monoisotopic (exact) mass is 307 g/mol. The van der Waals surface area contributed by atoms with E-state index in [1.165, 1.54) is 24.3 Å². The molecule has 0 aliphatic heterocycles. The van der Waals surface area contributed by atoms with Crippen molar-refractivity contribution in [2.45, 2.75) is 38.8 Å². The zero-order valence-electron chi connectivity index (χ0n) is 12.2. The Morgan fingerprint density at radius 2 is 1.71 bits per heavy atom. The maximum atomic E-state index is 12.0. The smallest absolute Gasteiger partial charge is 0.406 e. The number of benzene rings is 1. The molecule has 0 bridgehead atoms. The van der Waals surface area contributed by atoms with Gasteiger partial charge in [0.25, 0.3) is 0 Å². The Morgan fingerprint density at radius 3 is 2.19 bits per heavy atom. The van der Waals surface area contributed by atoms with Gasteiger partial charge < -0.3 is 19.9 Å². The summed E-state index contributed by atoms with van der Waals surface area (Å²) >= 11 is 0. The van der Waals surface area contributed by atoms with Gasteiger partial charge in [0.15, 0.2) is 0 Å². The van der Waals surface area contributed by atoms with Crippen molar-refractivity contribution in [2.75, 3.05) is 18.5 Å². The summed E-state index contributed by atoms with van der Waals surface area (Å²) in [6, 6.07) is 5.29. The highest BCUT2D eigenvalue weighted by molar-refractivity contribution is 5.46. The van der Waals surface area contributed by atoms with Crippen LogP contribution in [0.2, 0.25) is 0 Å². The summed E-state index contributed by atoms with van der Waals surface area (Å²) in [6.07, 6.45) is -5.41. The van der Waals surface area contributed by atoms with Gasteiger partial charge in [-0.1, -0.05) is 0 Å². The summed E-state index contributed by atoms with van der Waals surface area (Å²) in [5.74, 6) is -0.287. The second kappa shape index (κ2) is 7.00. The molecule has 4 nitrogen and oxygen atoms in total. The van der Waals surface area contributed by atoms with Crippen molar-refractivity contribution in [3.8, 4) is 5.75 Å². The summed E-state index contributed by atoms with van der Waals surface area (Å²) in [6.45, 7) is 6.05. The first-order chi connectivity index (χ1) is 9.55. The van der Waals surface area contributed by atoms with Crippen LogP contribution in [0.5, 0.6) is 5.75 Å². The minimum absolute atomic E-state index is 0.172. The zero-order valence-corrected chi connectivity index (χ0v) is 12.2. The number of aliphatic hydroxyl groups is 1. The fourth-order valence-electron chi connectivity index (χ4n) is 1.42. The number of anilines is 1. The second-order valence-corrected chi connectivity index (χ2v) is 5.53. The minimum Gasteiger partial charge on any atom is -0.406 e. The Kier molecular flexibility index (Phi) is 5.86. The first-order valence-electron chi connectivity index (χ1n) is 6.47. The van der Waals surface area contributed by atoms with Crippen LogP contribution in [0.4, 0.5) is 18.9 Å². The van der Waals surface area contributed by atoms with E-state index in [2.05, 4.69) is 10.1 Å². The third-order valence-corrected chi connectivity index (χ3v) is 2.34. The van der Waals surface area contributed by atoms with E-state index in [1.807, 2.05) is 20.8 Å². The quantitative estimate of drug-likeness (QED) is 0.847. The van der Waals surface area contributed by atoms with Crippen molar-refractivity contribution >= 4 is 5.69 Å². The molecule has 0 heterocycles. The van der Waals surface area contributed by atoms with Gasteiger partial charge in [-0.05, 0) is 45.0 Å².